The van der Waals surface area contributed by atoms with Gasteiger partial charge in [0.05, 0.1) is 17.6 Å². The molecule has 1 atom stereocenters. The fraction of sp³-hybridized carbons (Fsp3) is 0.308. The molecule has 0 saturated carbocycles. The van der Waals surface area contributed by atoms with Gasteiger partial charge >= 0.3 is 0 Å². The van der Waals surface area contributed by atoms with Gasteiger partial charge in [-0.25, -0.2) is 9.10 Å². The van der Waals surface area contributed by atoms with Gasteiger partial charge in [0, 0.05) is 24.6 Å². The number of hydrogen-bond acceptors (Lipinski definition) is 2. The molecule has 1 aromatic heterocycles. The van der Waals surface area contributed by atoms with Crippen LogP contribution in [-0.4, -0.2) is 20.2 Å². The molecule has 1 aliphatic heterocycles. The van der Waals surface area contributed by atoms with Crippen LogP contribution in [0, 0.1) is 0 Å². The Morgan fingerprint density at radius 1 is 1.29 bits per heavy atom. The highest BCUT2D eigenvalue weighted by atomic mass is 35.5. The number of aromatic nitrogens is 2. The van der Waals surface area contributed by atoms with Crippen LogP contribution in [-0.2, 0) is 13.0 Å². The van der Waals surface area contributed by atoms with Gasteiger partial charge in [0.25, 0.3) is 0 Å². The average Bonchev–Trinajstić information content (AvgIpc) is 2.74. The van der Waals surface area contributed by atoms with Gasteiger partial charge in [-0.2, -0.15) is 5.10 Å². The third kappa shape index (κ3) is 1.85. The molecule has 0 fully saturated rings. The van der Waals surface area contributed by atoms with E-state index >= 15 is 0 Å². The number of hydrogen-bond donors (Lipinski definition) is 0. The summed E-state index contributed by atoms with van der Waals surface area (Å²) in [7, 11) is 0. The number of para-hydroxylation sites is 1. The molecule has 0 saturated heterocycles. The Hall–Kier alpha value is -1.32. The molecule has 0 aliphatic carbocycles. The van der Waals surface area contributed by atoms with Crippen LogP contribution in [0.3, 0.4) is 0 Å². The summed E-state index contributed by atoms with van der Waals surface area (Å²) in [5.74, 6) is 0. The Morgan fingerprint density at radius 3 is 2.82 bits per heavy atom. The molecule has 0 unspecified atom stereocenters. The van der Waals surface area contributed by atoms with Crippen molar-refractivity contribution in [2.24, 2.45) is 0 Å². The van der Waals surface area contributed by atoms with Crippen molar-refractivity contribution in [2.75, 3.05) is 0 Å². The fourth-order valence-electron chi connectivity index (χ4n) is 2.25. The summed E-state index contributed by atoms with van der Waals surface area (Å²) < 4.78 is 3.87. The smallest absolute Gasteiger partial charge is 0.0648 e. The van der Waals surface area contributed by atoms with Crippen molar-refractivity contribution < 1.29 is 0 Å². The first kappa shape index (κ1) is 10.8. The van der Waals surface area contributed by atoms with Crippen LogP contribution in [0.15, 0.2) is 36.5 Å². The van der Waals surface area contributed by atoms with E-state index in [9.17, 15) is 0 Å². The van der Waals surface area contributed by atoms with Gasteiger partial charge in [-0.1, -0.05) is 18.2 Å². The van der Waals surface area contributed by atoms with Gasteiger partial charge in [-0.05, 0) is 30.8 Å². The molecule has 2 aromatic rings. The zero-order valence-electron chi connectivity index (χ0n) is 9.68. The lowest BCUT2D eigenvalue weighted by Crippen LogP contribution is -2.31. The molecular weight excluding hydrogens is 234 g/mol. The van der Waals surface area contributed by atoms with Crippen LogP contribution in [0.1, 0.15) is 18.2 Å². The maximum Gasteiger partial charge on any atom is 0.0648 e. The minimum atomic E-state index is 0.350. The number of rotatable bonds is 1. The van der Waals surface area contributed by atoms with Gasteiger partial charge < -0.3 is 0 Å². The van der Waals surface area contributed by atoms with E-state index in [-0.39, 0.29) is 0 Å². The fourth-order valence-corrected chi connectivity index (χ4v) is 2.44. The highest BCUT2D eigenvalue weighted by molar-refractivity contribution is 6.13. The predicted molar refractivity (Wildman–Crippen MR) is 68.1 cm³/mol. The van der Waals surface area contributed by atoms with Gasteiger partial charge in [-0.3, -0.25) is 0 Å². The van der Waals surface area contributed by atoms with E-state index in [1.807, 2.05) is 33.5 Å². The molecule has 2 heterocycles. The van der Waals surface area contributed by atoms with E-state index in [2.05, 4.69) is 24.2 Å². The average molecular weight is 248 g/mol. The van der Waals surface area contributed by atoms with Crippen molar-refractivity contribution in [3.8, 4) is 5.69 Å². The molecule has 4 heteroatoms. The van der Waals surface area contributed by atoms with E-state index < -0.39 is 0 Å². The van der Waals surface area contributed by atoms with Gasteiger partial charge in [0.2, 0.25) is 0 Å². The molecule has 0 spiro atoms. The molecule has 88 valence electrons. The van der Waals surface area contributed by atoms with Crippen molar-refractivity contribution in [3.63, 3.8) is 0 Å². The molecule has 0 amide bonds. The maximum atomic E-state index is 6.15. The Bertz CT molecular complexity index is 521. The zero-order valence-corrected chi connectivity index (χ0v) is 10.4. The van der Waals surface area contributed by atoms with Crippen molar-refractivity contribution in [3.05, 3.63) is 47.8 Å². The van der Waals surface area contributed by atoms with Crippen molar-refractivity contribution in [1.29, 1.82) is 0 Å². The quantitative estimate of drug-likeness (QED) is 0.723. The predicted octanol–water partition coefficient (Wildman–Crippen LogP) is 2.77. The Labute approximate surface area is 106 Å². The van der Waals surface area contributed by atoms with Crippen LogP contribution in [0.4, 0.5) is 0 Å². The molecule has 3 rings (SSSR count). The first-order chi connectivity index (χ1) is 8.25. The summed E-state index contributed by atoms with van der Waals surface area (Å²) in [6.07, 6.45) is 2.86. The van der Waals surface area contributed by atoms with Crippen LogP contribution in [0.2, 0.25) is 0 Å². The first-order valence-corrected chi connectivity index (χ1v) is 6.13. The van der Waals surface area contributed by atoms with Crippen molar-refractivity contribution in [1.82, 2.24) is 14.2 Å². The Balaban J connectivity index is 2.04. The van der Waals surface area contributed by atoms with Gasteiger partial charge in [0.1, 0.15) is 0 Å². The molecule has 1 aromatic carbocycles. The summed E-state index contributed by atoms with van der Waals surface area (Å²) in [6.45, 7) is 2.91. The molecular formula is C13H14ClN3. The first-order valence-electron chi connectivity index (χ1n) is 5.79. The summed E-state index contributed by atoms with van der Waals surface area (Å²) in [5, 5.41) is 4.47. The topological polar surface area (TPSA) is 21.1 Å². The van der Waals surface area contributed by atoms with E-state index in [1.54, 1.807) is 0 Å². The largest absolute Gasteiger partial charge is 0.237 e. The van der Waals surface area contributed by atoms with E-state index in [4.69, 9.17) is 11.8 Å². The van der Waals surface area contributed by atoms with E-state index in [0.717, 1.165) is 18.7 Å². The van der Waals surface area contributed by atoms with Gasteiger partial charge in [0.15, 0.2) is 0 Å². The minimum absolute atomic E-state index is 0.350. The Kier molecular flexibility index (Phi) is 2.65. The molecule has 0 bridgehead atoms. The normalized spacial score (nSPS) is 20.2. The lowest BCUT2D eigenvalue weighted by Gasteiger charge is -2.27. The van der Waals surface area contributed by atoms with Crippen LogP contribution < -0.4 is 0 Å². The second kappa shape index (κ2) is 4.17. The van der Waals surface area contributed by atoms with Crippen LogP contribution in [0.25, 0.3) is 5.69 Å². The van der Waals surface area contributed by atoms with Crippen molar-refractivity contribution in [2.45, 2.75) is 25.9 Å². The number of nitrogens with zero attached hydrogens (tertiary/aromatic N) is 3. The molecule has 3 nitrogen and oxygen atoms in total. The van der Waals surface area contributed by atoms with E-state index in [1.165, 1.54) is 11.3 Å². The second-order valence-electron chi connectivity index (χ2n) is 4.47. The third-order valence-electron chi connectivity index (χ3n) is 3.24. The zero-order chi connectivity index (χ0) is 11.8. The molecule has 0 N–H and O–H groups in total. The highest BCUT2D eigenvalue weighted by Crippen LogP contribution is 2.26. The maximum absolute atomic E-state index is 6.15. The molecule has 1 aliphatic rings. The number of fused-ring (bicyclic) bond motifs is 1. The summed E-state index contributed by atoms with van der Waals surface area (Å²) in [6, 6.07) is 10.6. The molecule has 0 radical (unpaired) electrons. The summed E-state index contributed by atoms with van der Waals surface area (Å²) in [5.41, 5.74) is 3.62. The Morgan fingerprint density at radius 2 is 2.06 bits per heavy atom. The van der Waals surface area contributed by atoms with Crippen LogP contribution >= 0.6 is 11.8 Å². The highest BCUT2D eigenvalue weighted by Gasteiger charge is 2.25. The number of benzene rings is 1. The summed E-state index contributed by atoms with van der Waals surface area (Å²) >= 11 is 6.15. The lowest BCUT2D eigenvalue weighted by molar-refractivity contribution is 0.325. The third-order valence-corrected chi connectivity index (χ3v) is 3.70. The summed E-state index contributed by atoms with van der Waals surface area (Å²) in [4.78, 5) is 0. The van der Waals surface area contributed by atoms with E-state index in [0.29, 0.717) is 6.04 Å². The van der Waals surface area contributed by atoms with Crippen LogP contribution in [0.5, 0.6) is 0 Å². The number of halogens is 1. The minimum Gasteiger partial charge on any atom is -0.237 e. The SMILES string of the molecule is C[C@H]1Cc2c(cnn2-c2ccccc2)CN1Cl. The lowest BCUT2D eigenvalue weighted by atomic mass is 10.0. The molecule has 17 heavy (non-hydrogen) atoms. The van der Waals surface area contributed by atoms with Crippen molar-refractivity contribution >= 4 is 11.8 Å². The van der Waals surface area contributed by atoms with Gasteiger partial charge in [-0.15, -0.1) is 0 Å². The second-order valence-corrected chi connectivity index (χ2v) is 4.91. The standard InChI is InChI=1S/C13H14ClN3/c1-10-7-13-11(9-16(10)14)8-15-17(13)12-5-3-2-4-6-12/h2-6,8,10H,7,9H2,1H3/t10-/m0/s1. The monoisotopic (exact) mass is 247 g/mol.